The van der Waals surface area contributed by atoms with Crippen LogP contribution in [0.15, 0.2) is 54.9 Å². The van der Waals surface area contributed by atoms with Crippen LogP contribution >= 0.6 is 11.6 Å². The second kappa shape index (κ2) is 5.57. The first-order valence-electron chi connectivity index (χ1n) is 6.41. The van der Waals surface area contributed by atoms with Crippen LogP contribution in [0.4, 0.5) is 0 Å². The fourth-order valence-electron chi connectivity index (χ4n) is 2.31. The van der Waals surface area contributed by atoms with Crippen LogP contribution in [0.3, 0.4) is 0 Å². The molecule has 0 spiro atoms. The normalized spacial score (nSPS) is 12.5. The Morgan fingerprint density at radius 2 is 2.00 bits per heavy atom. The van der Waals surface area contributed by atoms with E-state index in [2.05, 4.69) is 39.6 Å². The zero-order valence-electron chi connectivity index (χ0n) is 11.0. The molecule has 3 aromatic rings. The van der Waals surface area contributed by atoms with Crippen molar-refractivity contribution < 1.29 is 0 Å². The van der Waals surface area contributed by atoms with E-state index in [4.69, 9.17) is 11.6 Å². The van der Waals surface area contributed by atoms with Crippen LogP contribution in [0.1, 0.15) is 17.3 Å². The molecule has 0 fully saturated rings. The number of nitrogens with zero attached hydrogens (tertiary/aromatic N) is 2. The lowest BCUT2D eigenvalue weighted by atomic mass is 10.0. The van der Waals surface area contributed by atoms with Crippen LogP contribution in [0.5, 0.6) is 0 Å². The average molecular weight is 284 g/mol. The molecule has 1 unspecified atom stereocenters. The maximum Gasteiger partial charge on any atom is 0.0749 e. The topological polar surface area (TPSA) is 37.8 Å². The van der Waals surface area contributed by atoms with Crippen molar-refractivity contribution in [1.82, 2.24) is 15.3 Å². The van der Waals surface area contributed by atoms with Gasteiger partial charge in [0.05, 0.1) is 22.3 Å². The maximum absolute atomic E-state index is 5.89. The van der Waals surface area contributed by atoms with Gasteiger partial charge in [-0.05, 0) is 36.9 Å². The van der Waals surface area contributed by atoms with E-state index >= 15 is 0 Å². The average Bonchev–Trinajstić information content (AvgIpc) is 2.50. The Bertz CT molecular complexity index is 725. The molecule has 1 atom stereocenters. The van der Waals surface area contributed by atoms with E-state index in [0.29, 0.717) is 5.02 Å². The number of hydrogen-bond donors (Lipinski definition) is 1. The molecule has 0 bridgehead atoms. The lowest BCUT2D eigenvalue weighted by molar-refractivity contribution is 0.672. The summed E-state index contributed by atoms with van der Waals surface area (Å²) >= 11 is 5.89. The molecule has 0 amide bonds. The van der Waals surface area contributed by atoms with E-state index < -0.39 is 0 Å². The second-order valence-corrected chi connectivity index (χ2v) is 5.01. The van der Waals surface area contributed by atoms with Crippen molar-refractivity contribution in [3.05, 3.63) is 71.1 Å². The number of aromatic nitrogens is 2. The monoisotopic (exact) mass is 283 g/mol. The van der Waals surface area contributed by atoms with E-state index in [0.717, 1.165) is 22.2 Å². The van der Waals surface area contributed by atoms with Gasteiger partial charge in [0.2, 0.25) is 0 Å². The predicted octanol–water partition coefficient (Wildman–Crippen LogP) is 3.59. The summed E-state index contributed by atoms with van der Waals surface area (Å²) in [6.07, 6.45) is 3.47. The number of nitrogens with one attached hydrogen (secondary N) is 1. The lowest BCUT2D eigenvalue weighted by Gasteiger charge is -2.16. The van der Waals surface area contributed by atoms with Crippen LogP contribution in [-0.4, -0.2) is 17.0 Å². The molecule has 0 aliphatic heterocycles. The number of hydrogen-bond acceptors (Lipinski definition) is 3. The third kappa shape index (κ3) is 2.50. The van der Waals surface area contributed by atoms with Crippen LogP contribution in [0, 0.1) is 0 Å². The molecule has 0 saturated carbocycles. The Morgan fingerprint density at radius 1 is 1.10 bits per heavy atom. The molecule has 0 aliphatic rings. The van der Waals surface area contributed by atoms with Crippen LogP contribution in [0.2, 0.25) is 5.02 Å². The highest BCUT2D eigenvalue weighted by molar-refractivity contribution is 6.30. The molecule has 1 aromatic carbocycles. The minimum absolute atomic E-state index is 0.0265. The van der Waals surface area contributed by atoms with Crippen molar-refractivity contribution in [2.24, 2.45) is 0 Å². The smallest absolute Gasteiger partial charge is 0.0749 e. The predicted molar refractivity (Wildman–Crippen MR) is 81.9 cm³/mol. The molecule has 1 N–H and O–H groups in total. The summed E-state index contributed by atoms with van der Waals surface area (Å²) in [5.74, 6) is 0. The summed E-state index contributed by atoms with van der Waals surface area (Å²) in [4.78, 5) is 8.79. The van der Waals surface area contributed by atoms with Crippen molar-refractivity contribution in [3.8, 4) is 0 Å². The van der Waals surface area contributed by atoms with Gasteiger partial charge in [0.15, 0.2) is 0 Å². The maximum atomic E-state index is 5.89. The van der Waals surface area contributed by atoms with Gasteiger partial charge in [-0.1, -0.05) is 29.8 Å². The minimum Gasteiger partial charge on any atom is -0.308 e. The Balaban J connectivity index is 2.04. The molecule has 0 radical (unpaired) electrons. The number of rotatable bonds is 3. The van der Waals surface area contributed by atoms with Crippen LogP contribution in [-0.2, 0) is 0 Å². The molecule has 3 rings (SSSR count). The molecule has 100 valence electrons. The Hall–Kier alpha value is -1.97. The van der Waals surface area contributed by atoms with Gasteiger partial charge >= 0.3 is 0 Å². The van der Waals surface area contributed by atoms with Crippen molar-refractivity contribution in [1.29, 1.82) is 0 Å². The highest BCUT2D eigenvalue weighted by atomic mass is 35.5. The molecule has 4 heteroatoms. The SMILES string of the molecule is CNC(c1ccc2cccnc2c1)c1ccc(Cl)cn1. The van der Waals surface area contributed by atoms with Gasteiger partial charge in [-0.25, -0.2) is 0 Å². The van der Waals surface area contributed by atoms with Gasteiger partial charge in [-0.3, -0.25) is 9.97 Å². The molecular formula is C16H14ClN3. The number of fused-ring (bicyclic) bond motifs is 1. The fourth-order valence-corrected chi connectivity index (χ4v) is 2.42. The van der Waals surface area contributed by atoms with Crippen LogP contribution < -0.4 is 5.32 Å². The van der Waals surface area contributed by atoms with Crippen molar-refractivity contribution >= 4 is 22.5 Å². The highest BCUT2D eigenvalue weighted by Gasteiger charge is 2.13. The third-order valence-corrected chi connectivity index (χ3v) is 3.52. The summed E-state index contributed by atoms with van der Waals surface area (Å²) in [5.41, 5.74) is 3.06. The van der Waals surface area contributed by atoms with Gasteiger partial charge in [0, 0.05) is 17.8 Å². The molecule has 20 heavy (non-hydrogen) atoms. The standard InChI is InChI=1S/C16H14ClN3/c1-18-16(14-7-6-13(17)10-20-14)12-5-4-11-3-2-8-19-15(11)9-12/h2-10,16,18H,1H3. The number of halogens is 1. The Kier molecular flexibility index (Phi) is 3.63. The fraction of sp³-hybridized carbons (Fsp3) is 0.125. The Labute approximate surface area is 122 Å². The molecule has 3 nitrogen and oxygen atoms in total. The summed E-state index contributed by atoms with van der Waals surface area (Å²) in [6, 6.07) is 14.1. The van der Waals surface area contributed by atoms with E-state index in [1.807, 2.05) is 25.2 Å². The molecule has 2 aromatic heterocycles. The van der Waals surface area contributed by atoms with Crippen molar-refractivity contribution in [3.63, 3.8) is 0 Å². The van der Waals surface area contributed by atoms with E-state index in [1.54, 1.807) is 12.4 Å². The van der Waals surface area contributed by atoms with Crippen molar-refractivity contribution in [2.75, 3.05) is 7.05 Å². The summed E-state index contributed by atoms with van der Waals surface area (Å²) < 4.78 is 0. The van der Waals surface area contributed by atoms with Gasteiger partial charge in [0.1, 0.15) is 0 Å². The molecular weight excluding hydrogens is 270 g/mol. The summed E-state index contributed by atoms with van der Waals surface area (Å²) in [7, 11) is 1.92. The zero-order chi connectivity index (χ0) is 13.9. The van der Waals surface area contributed by atoms with Gasteiger partial charge in [-0.15, -0.1) is 0 Å². The lowest BCUT2D eigenvalue weighted by Crippen LogP contribution is -2.18. The zero-order valence-corrected chi connectivity index (χ0v) is 11.8. The molecule has 2 heterocycles. The first-order chi connectivity index (χ1) is 9.78. The largest absolute Gasteiger partial charge is 0.308 e. The first-order valence-corrected chi connectivity index (χ1v) is 6.79. The van der Waals surface area contributed by atoms with Crippen molar-refractivity contribution in [2.45, 2.75) is 6.04 Å². The number of benzene rings is 1. The number of pyridine rings is 2. The third-order valence-electron chi connectivity index (χ3n) is 3.30. The van der Waals surface area contributed by atoms with Gasteiger partial charge in [0.25, 0.3) is 0 Å². The van der Waals surface area contributed by atoms with Gasteiger partial charge in [-0.2, -0.15) is 0 Å². The highest BCUT2D eigenvalue weighted by Crippen LogP contribution is 2.24. The van der Waals surface area contributed by atoms with Gasteiger partial charge < -0.3 is 5.32 Å². The summed E-state index contributed by atoms with van der Waals surface area (Å²) in [5, 5.41) is 5.06. The first kappa shape index (κ1) is 13.0. The quantitative estimate of drug-likeness (QED) is 0.798. The second-order valence-electron chi connectivity index (χ2n) is 4.58. The Morgan fingerprint density at radius 3 is 2.75 bits per heavy atom. The summed E-state index contributed by atoms with van der Waals surface area (Å²) in [6.45, 7) is 0. The van der Waals surface area contributed by atoms with E-state index in [-0.39, 0.29) is 6.04 Å². The molecule has 0 aliphatic carbocycles. The molecule has 0 saturated heterocycles. The minimum atomic E-state index is 0.0265. The van der Waals surface area contributed by atoms with Crippen LogP contribution in [0.25, 0.3) is 10.9 Å². The van der Waals surface area contributed by atoms with E-state index in [9.17, 15) is 0 Å². The van der Waals surface area contributed by atoms with E-state index in [1.165, 1.54) is 0 Å².